The number of carbonyl (C=O) groups is 2. The van der Waals surface area contributed by atoms with Crippen molar-refractivity contribution in [2.24, 2.45) is 5.41 Å². The highest BCUT2D eigenvalue weighted by molar-refractivity contribution is 5.86. The lowest BCUT2D eigenvalue weighted by atomic mass is 10.0. The Balaban J connectivity index is 1.28. The van der Waals surface area contributed by atoms with Gasteiger partial charge in [0.25, 0.3) is 5.89 Å². The number of hydrogen-bond acceptors (Lipinski definition) is 6. The van der Waals surface area contributed by atoms with Crippen molar-refractivity contribution in [3.8, 4) is 11.5 Å². The molecule has 0 radical (unpaired) electrons. The first kappa shape index (κ1) is 19.2. The van der Waals surface area contributed by atoms with E-state index in [4.69, 9.17) is 4.42 Å². The Morgan fingerprint density at radius 3 is 2.93 bits per heavy atom. The molecule has 3 fully saturated rings. The van der Waals surface area contributed by atoms with Gasteiger partial charge in [0.1, 0.15) is 5.82 Å². The highest BCUT2D eigenvalue weighted by atomic mass is 19.1. The molecule has 5 rings (SSSR count). The van der Waals surface area contributed by atoms with Crippen LogP contribution in [0.3, 0.4) is 0 Å². The maximum Gasteiger partial charge on any atom is 0.250 e. The van der Waals surface area contributed by atoms with Crippen LogP contribution in [0.2, 0.25) is 0 Å². The average Bonchev–Trinajstić information content (AvgIpc) is 3.13. The Hall–Kier alpha value is -2.81. The van der Waals surface area contributed by atoms with Crippen molar-refractivity contribution in [1.82, 2.24) is 25.7 Å². The number of hydrogen-bond donors (Lipinski definition) is 2. The molecule has 8 nitrogen and oxygen atoms in total. The molecule has 2 aromatic rings. The first-order valence-electron chi connectivity index (χ1n) is 10.3. The van der Waals surface area contributed by atoms with Crippen LogP contribution < -0.4 is 10.6 Å². The fourth-order valence-electron chi connectivity index (χ4n) is 4.33. The fourth-order valence-corrected chi connectivity index (χ4v) is 4.33. The number of aromatic nitrogens is 2. The Labute approximate surface area is 173 Å². The molecule has 2 N–H and O–H groups in total. The minimum Gasteiger partial charge on any atom is -0.421 e. The summed E-state index contributed by atoms with van der Waals surface area (Å²) in [7, 11) is 0. The molecule has 1 aliphatic carbocycles. The van der Waals surface area contributed by atoms with Crippen molar-refractivity contribution in [3.63, 3.8) is 0 Å². The van der Waals surface area contributed by atoms with Crippen molar-refractivity contribution < 1.29 is 18.4 Å². The summed E-state index contributed by atoms with van der Waals surface area (Å²) in [4.78, 5) is 26.9. The van der Waals surface area contributed by atoms with Gasteiger partial charge in [-0.3, -0.25) is 14.5 Å². The summed E-state index contributed by atoms with van der Waals surface area (Å²) in [6.07, 6.45) is 2.87. The first-order chi connectivity index (χ1) is 14.4. The molecule has 2 aliphatic heterocycles. The summed E-state index contributed by atoms with van der Waals surface area (Å²) in [5.74, 6) is 0.184. The van der Waals surface area contributed by atoms with E-state index in [2.05, 4.69) is 25.7 Å². The summed E-state index contributed by atoms with van der Waals surface area (Å²) in [5, 5.41) is 14.1. The molecular formula is C21H24FN5O3. The maximum absolute atomic E-state index is 14.0. The van der Waals surface area contributed by atoms with E-state index in [1.807, 2.05) is 6.92 Å². The molecule has 3 aliphatic rings. The van der Waals surface area contributed by atoms with E-state index in [1.54, 1.807) is 18.2 Å². The van der Waals surface area contributed by atoms with Crippen LogP contribution in [0.4, 0.5) is 4.39 Å². The second-order valence-electron chi connectivity index (χ2n) is 8.76. The predicted molar refractivity (Wildman–Crippen MR) is 105 cm³/mol. The number of piperazine rings is 1. The highest BCUT2D eigenvalue weighted by Gasteiger charge is 2.48. The van der Waals surface area contributed by atoms with Crippen LogP contribution in [0.1, 0.15) is 32.1 Å². The molecule has 0 unspecified atom stereocenters. The highest BCUT2D eigenvalue weighted by Crippen LogP contribution is 2.45. The van der Waals surface area contributed by atoms with E-state index >= 15 is 0 Å². The fraction of sp³-hybridized carbons (Fsp3) is 0.524. The molecule has 3 heterocycles. The molecule has 3 atom stereocenters. The zero-order valence-corrected chi connectivity index (χ0v) is 16.7. The maximum atomic E-state index is 14.0. The molecule has 2 amide bonds. The molecule has 1 aromatic heterocycles. The van der Waals surface area contributed by atoms with E-state index in [0.29, 0.717) is 31.8 Å². The summed E-state index contributed by atoms with van der Waals surface area (Å²) in [5.41, 5.74) is 0.0288. The minimum atomic E-state index is -0.417. The van der Waals surface area contributed by atoms with Gasteiger partial charge in [-0.05, 0) is 31.4 Å². The quantitative estimate of drug-likeness (QED) is 0.766. The molecule has 9 heteroatoms. The van der Waals surface area contributed by atoms with E-state index < -0.39 is 5.82 Å². The van der Waals surface area contributed by atoms with E-state index in [-0.39, 0.29) is 46.8 Å². The number of nitrogens with one attached hydrogen (secondary N) is 2. The van der Waals surface area contributed by atoms with Crippen molar-refractivity contribution >= 4 is 11.8 Å². The number of fused-ring (bicyclic) bond motifs is 1. The zero-order chi connectivity index (χ0) is 20.9. The molecule has 158 valence electrons. The third kappa shape index (κ3) is 3.47. The topological polar surface area (TPSA) is 100 Å². The number of amides is 2. The van der Waals surface area contributed by atoms with E-state index in [1.165, 1.54) is 6.07 Å². The molecule has 0 bridgehead atoms. The molecule has 30 heavy (non-hydrogen) atoms. The third-order valence-electron chi connectivity index (χ3n) is 6.49. The van der Waals surface area contributed by atoms with Gasteiger partial charge in [-0.1, -0.05) is 19.1 Å². The number of benzene rings is 1. The zero-order valence-electron chi connectivity index (χ0n) is 16.7. The van der Waals surface area contributed by atoms with Gasteiger partial charge in [0, 0.05) is 37.0 Å². The van der Waals surface area contributed by atoms with Crippen LogP contribution in [0.15, 0.2) is 28.7 Å². The van der Waals surface area contributed by atoms with Crippen molar-refractivity contribution in [2.75, 3.05) is 13.1 Å². The van der Waals surface area contributed by atoms with Crippen molar-refractivity contribution in [3.05, 3.63) is 36.0 Å². The van der Waals surface area contributed by atoms with E-state index in [9.17, 15) is 14.0 Å². The Bertz CT molecular complexity index is 989. The number of rotatable bonds is 5. The van der Waals surface area contributed by atoms with Crippen molar-refractivity contribution in [1.29, 1.82) is 0 Å². The summed E-state index contributed by atoms with van der Waals surface area (Å²) in [6, 6.07) is 5.90. The lowest BCUT2D eigenvalue weighted by Crippen LogP contribution is -2.58. The number of nitrogens with zero attached hydrogens (tertiary/aromatic N) is 3. The third-order valence-corrected chi connectivity index (χ3v) is 6.49. The van der Waals surface area contributed by atoms with Crippen LogP contribution in [-0.2, 0) is 16.0 Å². The first-order valence-corrected chi connectivity index (χ1v) is 10.3. The van der Waals surface area contributed by atoms with Gasteiger partial charge < -0.3 is 15.1 Å². The molecule has 1 aromatic carbocycles. The Morgan fingerprint density at radius 2 is 2.17 bits per heavy atom. The molecule has 1 saturated carbocycles. The van der Waals surface area contributed by atoms with Crippen LogP contribution >= 0.6 is 0 Å². The van der Waals surface area contributed by atoms with Gasteiger partial charge in [-0.15, -0.1) is 10.2 Å². The summed E-state index contributed by atoms with van der Waals surface area (Å²) >= 11 is 0. The number of halogens is 1. The summed E-state index contributed by atoms with van der Waals surface area (Å²) in [6.45, 7) is 3.05. The minimum absolute atomic E-state index is 0.0155. The molecule has 0 spiro atoms. The van der Waals surface area contributed by atoms with Gasteiger partial charge in [0.05, 0.1) is 11.6 Å². The molecular weight excluding hydrogens is 389 g/mol. The van der Waals surface area contributed by atoms with Crippen LogP contribution in [-0.4, -0.2) is 58.1 Å². The van der Waals surface area contributed by atoms with Gasteiger partial charge in [0.15, 0.2) is 0 Å². The summed E-state index contributed by atoms with van der Waals surface area (Å²) < 4.78 is 19.7. The van der Waals surface area contributed by atoms with Gasteiger partial charge in [0.2, 0.25) is 17.7 Å². The SMILES string of the molecule is CC1(C(=O)N[C@H]2C[C@H]3C(=O)NC[C@@H](Cc4nnc(-c5ccccc5F)o4)N3C2)CC1. The van der Waals surface area contributed by atoms with Gasteiger partial charge in [-0.25, -0.2) is 4.39 Å². The van der Waals surface area contributed by atoms with Crippen LogP contribution in [0.5, 0.6) is 0 Å². The number of carbonyl (C=O) groups excluding carboxylic acids is 2. The van der Waals surface area contributed by atoms with Gasteiger partial charge >= 0.3 is 0 Å². The lowest BCUT2D eigenvalue weighted by molar-refractivity contribution is -0.129. The molecule has 2 saturated heterocycles. The largest absolute Gasteiger partial charge is 0.421 e. The smallest absolute Gasteiger partial charge is 0.250 e. The van der Waals surface area contributed by atoms with Crippen LogP contribution in [0.25, 0.3) is 11.5 Å². The monoisotopic (exact) mass is 413 g/mol. The normalized spacial score (nSPS) is 27.4. The second-order valence-corrected chi connectivity index (χ2v) is 8.76. The predicted octanol–water partition coefficient (Wildman–Crippen LogP) is 1.28. The van der Waals surface area contributed by atoms with Gasteiger partial charge in [-0.2, -0.15) is 0 Å². The average molecular weight is 413 g/mol. The van der Waals surface area contributed by atoms with Crippen molar-refractivity contribution in [2.45, 2.75) is 50.7 Å². The standard InChI is InChI=1S/C21H24FN5O3/c1-21(6-7-21)20(29)24-12-8-16-18(28)23-10-13(27(16)11-12)9-17-25-26-19(30-17)14-4-2-3-5-15(14)22/h2-5,12-13,16H,6-11H2,1H3,(H,23,28)(H,24,29)/t12-,13+,16-/m0/s1. The van der Waals surface area contributed by atoms with E-state index in [0.717, 1.165) is 12.8 Å². The second kappa shape index (κ2) is 7.16. The Morgan fingerprint density at radius 1 is 1.37 bits per heavy atom. The lowest BCUT2D eigenvalue weighted by Gasteiger charge is -2.36. The Kier molecular flexibility index (Phi) is 4.57. The van der Waals surface area contributed by atoms with Crippen LogP contribution in [0, 0.1) is 11.2 Å².